The van der Waals surface area contributed by atoms with Crippen molar-refractivity contribution in [1.82, 2.24) is 15.2 Å². The van der Waals surface area contributed by atoms with Gasteiger partial charge in [0, 0.05) is 11.6 Å². The fourth-order valence-electron chi connectivity index (χ4n) is 2.56. The number of hydrogen-bond acceptors (Lipinski definition) is 4. The molecule has 0 spiro atoms. The molecule has 2 aromatic heterocycles. The molecular weight excluding hydrogens is 361 g/mol. The molecule has 0 saturated carbocycles. The summed E-state index contributed by atoms with van der Waals surface area (Å²) in [7, 11) is -2.70. The molecule has 6 nitrogen and oxygen atoms in total. The van der Waals surface area contributed by atoms with Crippen LogP contribution >= 0.6 is 0 Å². The quantitative estimate of drug-likeness (QED) is 0.676. The van der Waals surface area contributed by atoms with Crippen LogP contribution in [0.2, 0.25) is 0 Å². The summed E-state index contributed by atoms with van der Waals surface area (Å²) in [6.07, 6.45) is 0.654. The summed E-state index contributed by atoms with van der Waals surface area (Å²) >= 11 is 0. The van der Waals surface area contributed by atoms with Gasteiger partial charge in [-0.3, -0.25) is 9.89 Å². The van der Waals surface area contributed by atoms with E-state index in [0.717, 1.165) is 6.07 Å². The number of fused-ring (bicyclic) bond motifs is 1. The monoisotopic (exact) mass is 379 g/mol. The average molecular weight is 379 g/mol. The van der Waals surface area contributed by atoms with Crippen LogP contribution in [0.4, 0.5) is 18.9 Å². The third kappa shape index (κ3) is 3.48. The highest BCUT2D eigenvalue weighted by atomic mass is 19.1. The lowest BCUT2D eigenvalue weighted by atomic mass is 10.1. The number of carbonyl (C=O) groups excluding carboxylic acids is 1. The third-order valence-corrected chi connectivity index (χ3v) is 3.86. The van der Waals surface area contributed by atoms with Gasteiger partial charge < -0.3 is 10.1 Å². The second-order valence-corrected chi connectivity index (χ2v) is 5.69. The molecule has 3 aromatic rings. The lowest BCUT2D eigenvalue weighted by molar-refractivity contribution is -0.114. The van der Waals surface area contributed by atoms with Crippen molar-refractivity contribution in [3.05, 3.63) is 52.6 Å². The van der Waals surface area contributed by atoms with Crippen molar-refractivity contribution in [2.24, 2.45) is 0 Å². The Labute approximate surface area is 156 Å². The Bertz CT molecular complexity index is 1150. The van der Waals surface area contributed by atoms with Crippen LogP contribution in [0.1, 0.15) is 20.9 Å². The molecule has 0 bridgehead atoms. The second-order valence-electron chi connectivity index (χ2n) is 5.69. The molecule has 140 valence electrons. The molecular formula is C18H15F3N4O2. The standard InChI is InChI=1S/C18H15F3N4O2/c1-8-6-13(27-3)22-9(2)15(8)23-18(26)12(19)7-10-4-5-11-16(14(10)20)24-25-17(11)21/h4-7H,1-3H3,(H,23,26)(H,24,25)/b12-7-/i3D3. The number of carbonyl (C=O) groups is 1. The largest absolute Gasteiger partial charge is 0.481 e. The van der Waals surface area contributed by atoms with Gasteiger partial charge in [-0.15, -0.1) is 0 Å². The maximum atomic E-state index is 14.4. The summed E-state index contributed by atoms with van der Waals surface area (Å²) in [6, 6.07) is 3.59. The first-order valence-electron chi connectivity index (χ1n) is 9.14. The molecule has 2 heterocycles. The molecule has 0 atom stereocenters. The first-order chi connectivity index (χ1) is 14.0. The highest BCUT2D eigenvalue weighted by Gasteiger charge is 2.17. The Hall–Kier alpha value is -3.36. The number of benzene rings is 1. The van der Waals surface area contributed by atoms with Crippen molar-refractivity contribution < 1.29 is 26.8 Å². The van der Waals surface area contributed by atoms with E-state index in [1.165, 1.54) is 26.0 Å². The van der Waals surface area contributed by atoms with E-state index < -0.39 is 30.5 Å². The molecule has 0 radical (unpaired) electrons. The predicted octanol–water partition coefficient (Wildman–Crippen LogP) is 3.81. The Kier molecular flexibility index (Phi) is 3.89. The van der Waals surface area contributed by atoms with E-state index in [2.05, 4.69) is 15.4 Å². The van der Waals surface area contributed by atoms with Crippen molar-refractivity contribution in [3.8, 4) is 5.88 Å². The molecule has 0 unspecified atom stereocenters. The number of nitrogens with one attached hydrogen (secondary N) is 2. The smallest absolute Gasteiger partial charge is 0.284 e. The van der Waals surface area contributed by atoms with Crippen LogP contribution in [0.25, 0.3) is 17.0 Å². The summed E-state index contributed by atoms with van der Waals surface area (Å²) in [6.45, 7) is 3.01. The normalized spacial score (nSPS) is 13.8. The van der Waals surface area contributed by atoms with Crippen LogP contribution in [0.15, 0.2) is 24.0 Å². The number of rotatable bonds is 4. The Morgan fingerprint density at radius 1 is 1.37 bits per heavy atom. The Balaban J connectivity index is 1.84. The minimum Gasteiger partial charge on any atom is -0.481 e. The molecule has 0 aliphatic carbocycles. The summed E-state index contributed by atoms with van der Waals surface area (Å²) in [5.74, 6) is -4.50. The van der Waals surface area contributed by atoms with Gasteiger partial charge in [-0.1, -0.05) is 6.07 Å². The van der Waals surface area contributed by atoms with Crippen LogP contribution in [-0.4, -0.2) is 28.1 Å². The molecule has 9 heteroatoms. The average Bonchev–Trinajstić information content (AvgIpc) is 3.00. The van der Waals surface area contributed by atoms with Crippen molar-refractivity contribution in [2.45, 2.75) is 13.8 Å². The van der Waals surface area contributed by atoms with E-state index in [4.69, 9.17) is 8.85 Å². The minimum absolute atomic E-state index is 0.105. The fraction of sp³-hybridized carbons (Fsp3) is 0.167. The number of hydrogen-bond donors (Lipinski definition) is 2. The van der Waals surface area contributed by atoms with Gasteiger partial charge in [0.2, 0.25) is 11.8 Å². The molecule has 1 amide bonds. The molecule has 0 aliphatic heterocycles. The van der Waals surface area contributed by atoms with Crippen molar-refractivity contribution >= 4 is 28.6 Å². The first kappa shape index (κ1) is 14.8. The van der Waals surface area contributed by atoms with Gasteiger partial charge in [0.25, 0.3) is 5.91 Å². The summed E-state index contributed by atoms with van der Waals surface area (Å²) in [4.78, 5) is 16.1. The van der Waals surface area contributed by atoms with E-state index in [9.17, 15) is 18.0 Å². The molecule has 0 saturated heterocycles. The maximum absolute atomic E-state index is 14.4. The van der Waals surface area contributed by atoms with Crippen molar-refractivity contribution in [2.75, 3.05) is 12.4 Å². The van der Waals surface area contributed by atoms with Crippen LogP contribution in [-0.2, 0) is 4.79 Å². The van der Waals surface area contributed by atoms with E-state index in [1.54, 1.807) is 0 Å². The lowest BCUT2D eigenvalue weighted by Gasteiger charge is -2.12. The van der Waals surface area contributed by atoms with Crippen LogP contribution < -0.4 is 10.1 Å². The van der Waals surface area contributed by atoms with E-state index in [1.807, 2.05) is 5.10 Å². The molecule has 0 fully saturated rings. The Morgan fingerprint density at radius 3 is 2.85 bits per heavy atom. The third-order valence-electron chi connectivity index (χ3n) is 3.86. The number of pyridine rings is 1. The van der Waals surface area contributed by atoms with E-state index >= 15 is 0 Å². The number of halogens is 3. The number of H-pyrrole nitrogens is 1. The molecule has 3 rings (SSSR count). The van der Waals surface area contributed by atoms with E-state index in [-0.39, 0.29) is 33.7 Å². The van der Waals surface area contributed by atoms with Gasteiger partial charge in [0.15, 0.2) is 11.6 Å². The zero-order chi connectivity index (χ0) is 22.2. The molecule has 0 aliphatic rings. The van der Waals surface area contributed by atoms with E-state index in [0.29, 0.717) is 11.6 Å². The second kappa shape index (κ2) is 7.10. The van der Waals surface area contributed by atoms with Gasteiger partial charge in [-0.05, 0) is 31.6 Å². The number of aromatic nitrogens is 3. The molecule has 2 N–H and O–H groups in total. The predicted molar refractivity (Wildman–Crippen MR) is 94.0 cm³/mol. The van der Waals surface area contributed by atoms with Gasteiger partial charge >= 0.3 is 0 Å². The van der Waals surface area contributed by atoms with Gasteiger partial charge in [0.05, 0.1) is 27.9 Å². The zero-order valence-electron chi connectivity index (χ0n) is 17.2. The topological polar surface area (TPSA) is 79.9 Å². The lowest BCUT2D eigenvalue weighted by Crippen LogP contribution is -2.14. The van der Waals surface area contributed by atoms with Gasteiger partial charge in [-0.25, -0.2) is 13.8 Å². The number of anilines is 1. The van der Waals surface area contributed by atoms with Crippen LogP contribution in [0, 0.1) is 25.6 Å². The number of nitrogens with zero attached hydrogens (tertiary/aromatic N) is 2. The highest BCUT2D eigenvalue weighted by Crippen LogP contribution is 2.25. The number of methoxy groups -OCH3 is 1. The zero-order valence-corrected chi connectivity index (χ0v) is 14.2. The Morgan fingerprint density at radius 2 is 2.15 bits per heavy atom. The van der Waals surface area contributed by atoms with Crippen molar-refractivity contribution in [1.29, 1.82) is 0 Å². The fourth-order valence-corrected chi connectivity index (χ4v) is 2.56. The van der Waals surface area contributed by atoms with Gasteiger partial charge in [-0.2, -0.15) is 9.49 Å². The number of amides is 1. The van der Waals surface area contributed by atoms with Gasteiger partial charge in [0.1, 0.15) is 5.52 Å². The first-order valence-corrected chi connectivity index (χ1v) is 7.64. The van der Waals surface area contributed by atoms with Crippen LogP contribution in [0.5, 0.6) is 5.88 Å². The molecule has 1 aromatic carbocycles. The number of aryl methyl sites for hydroxylation is 2. The molecule has 27 heavy (non-hydrogen) atoms. The van der Waals surface area contributed by atoms with Crippen molar-refractivity contribution in [3.63, 3.8) is 0 Å². The van der Waals surface area contributed by atoms with Crippen LogP contribution in [0.3, 0.4) is 0 Å². The summed E-state index contributed by atoms with van der Waals surface area (Å²) < 4.78 is 68.2. The number of ether oxygens (including phenoxy) is 1. The summed E-state index contributed by atoms with van der Waals surface area (Å²) in [5, 5.41) is 7.65. The number of aromatic amines is 1. The maximum Gasteiger partial charge on any atom is 0.284 e. The highest BCUT2D eigenvalue weighted by molar-refractivity contribution is 6.05. The summed E-state index contributed by atoms with van der Waals surface area (Å²) in [5.41, 5.74) is 0.0917. The minimum atomic E-state index is -2.70. The SMILES string of the molecule is [2H]C([2H])([2H])Oc1cc(C)c(NC(=O)/C(F)=C/c2ccc3c(F)[nH]nc3c2F)c(C)n1.